The van der Waals surface area contributed by atoms with Gasteiger partial charge in [-0.15, -0.1) is 0 Å². The monoisotopic (exact) mass is 399 g/mol. The van der Waals surface area contributed by atoms with E-state index in [1.807, 2.05) is 0 Å². The van der Waals surface area contributed by atoms with Gasteiger partial charge in [-0.1, -0.05) is 30.7 Å². The van der Waals surface area contributed by atoms with Gasteiger partial charge in [-0.05, 0) is 30.3 Å². The largest absolute Gasteiger partial charge is 0.452 e. The number of hydrogen-bond acceptors (Lipinski definition) is 5. The highest BCUT2D eigenvalue weighted by molar-refractivity contribution is 7.91. The highest BCUT2D eigenvalue weighted by Crippen LogP contribution is 2.22. The number of ether oxygens (including phenoxy) is 1. The van der Waals surface area contributed by atoms with Gasteiger partial charge in [0.05, 0.1) is 26.9 Å². The molecule has 0 aliphatic rings. The maximum atomic E-state index is 13.0. The minimum absolute atomic E-state index is 0.0101. The van der Waals surface area contributed by atoms with Gasteiger partial charge in [-0.2, -0.15) is 0 Å². The van der Waals surface area contributed by atoms with Crippen LogP contribution in [0.15, 0.2) is 47.4 Å². The van der Waals surface area contributed by atoms with Gasteiger partial charge in [0, 0.05) is 0 Å². The van der Waals surface area contributed by atoms with Crippen molar-refractivity contribution in [2.24, 2.45) is 0 Å². The molecular weight excluding hydrogens is 385 g/mol. The number of rotatable bonds is 6. The van der Waals surface area contributed by atoms with Gasteiger partial charge in [0.1, 0.15) is 5.82 Å². The molecule has 0 unspecified atom stereocenters. The van der Waals surface area contributed by atoms with Gasteiger partial charge in [0.15, 0.2) is 16.4 Å². The first-order valence-electron chi connectivity index (χ1n) is 7.48. The van der Waals surface area contributed by atoms with E-state index in [4.69, 9.17) is 16.3 Å². The Morgan fingerprint density at radius 1 is 1.19 bits per heavy atom. The molecule has 0 aliphatic heterocycles. The van der Waals surface area contributed by atoms with E-state index in [-0.39, 0.29) is 26.9 Å². The summed E-state index contributed by atoms with van der Waals surface area (Å²) in [6.07, 6.45) is 0. The van der Waals surface area contributed by atoms with Gasteiger partial charge >= 0.3 is 5.97 Å². The molecule has 0 fully saturated rings. The highest BCUT2D eigenvalue weighted by atomic mass is 35.5. The molecular formula is C17H15ClFNO5S. The number of amides is 1. The number of carbonyl (C=O) groups is 2. The Morgan fingerprint density at radius 3 is 2.54 bits per heavy atom. The molecule has 0 aliphatic carbocycles. The quantitative estimate of drug-likeness (QED) is 0.754. The van der Waals surface area contributed by atoms with Crippen LogP contribution in [-0.2, 0) is 19.4 Å². The smallest absolute Gasteiger partial charge is 0.339 e. The molecule has 0 spiro atoms. The van der Waals surface area contributed by atoms with Gasteiger partial charge in [0.2, 0.25) is 0 Å². The molecule has 0 atom stereocenters. The molecule has 0 bridgehead atoms. The maximum absolute atomic E-state index is 13.0. The standard InChI is InChI=1S/C17H15ClFNO5S/c1-2-26(23,24)15-6-4-3-5-12(15)17(22)25-10-16(21)20-14-8-7-11(19)9-13(14)18/h3-9H,2,10H2,1H3,(H,20,21). The van der Waals surface area contributed by atoms with E-state index in [2.05, 4.69) is 5.32 Å². The molecule has 138 valence electrons. The van der Waals surface area contributed by atoms with Crippen LogP contribution in [0.2, 0.25) is 5.02 Å². The van der Waals surface area contributed by atoms with Crippen LogP contribution in [0, 0.1) is 5.82 Å². The van der Waals surface area contributed by atoms with E-state index < -0.39 is 34.1 Å². The van der Waals surface area contributed by atoms with E-state index in [1.54, 1.807) is 0 Å². The van der Waals surface area contributed by atoms with Crippen molar-refractivity contribution in [1.29, 1.82) is 0 Å². The predicted octanol–water partition coefficient (Wildman–Crippen LogP) is 3.07. The van der Waals surface area contributed by atoms with Gasteiger partial charge in [-0.3, -0.25) is 4.79 Å². The lowest BCUT2D eigenvalue weighted by atomic mass is 10.2. The van der Waals surface area contributed by atoms with Crippen molar-refractivity contribution in [3.05, 3.63) is 58.9 Å². The average molecular weight is 400 g/mol. The van der Waals surface area contributed by atoms with Crippen molar-refractivity contribution < 1.29 is 27.1 Å². The van der Waals surface area contributed by atoms with Crippen LogP contribution >= 0.6 is 11.6 Å². The molecule has 2 aromatic rings. The molecule has 2 aromatic carbocycles. The zero-order chi connectivity index (χ0) is 19.3. The first-order chi connectivity index (χ1) is 12.2. The van der Waals surface area contributed by atoms with Crippen LogP contribution in [-0.4, -0.2) is 32.7 Å². The van der Waals surface area contributed by atoms with Crippen molar-refractivity contribution in [3.8, 4) is 0 Å². The second-order valence-electron chi connectivity index (χ2n) is 5.15. The maximum Gasteiger partial charge on any atom is 0.339 e. The Labute approximate surface area is 154 Å². The fraction of sp³-hybridized carbons (Fsp3) is 0.176. The lowest BCUT2D eigenvalue weighted by molar-refractivity contribution is -0.119. The van der Waals surface area contributed by atoms with Crippen molar-refractivity contribution in [2.75, 3.05) is 17.7 Å². The number of halogens is 2. The lowest BCUT2D eigenvalue weighted by Gasteiger charge is -2.10. The summed E-state index contributed by atoms with van der Waals surface area (Å²) in [6, 6.07) is 8.98. The summed E-state index contributed by atoms with van der Waals surface area (Å²) in [5.41, 5.74) is 0.00467. The number of sulfone groups is 1. The van der Waals surface area contributed by atoms with E-state index in [1.165, 1.54) is 37.3 Å². The molecule has 9 heteroatoms. The summed E-state index contributed by atoms with van der Waals surface area (Å²) in [5, 5.41) is 2.36. The summed E-state index contributed by atoms with van der Waals surface area (Å²) in [6.45, 7) is 0.796. The molecule has 2 rings (SSSR count). The number of carbonyl (C=O) groups excluding carboxylic acids is 2. The van der Waals surface area contributed by atoms with E-state index >= 15 is 0 Å². The number of hydrogen-bond donors (Lipinski definition) is 1. The van der Waals surface area contributed by atoms with Crippen LogP contribution in [0.4, 0.5) is 10.1 Å². The summed E-state index contributed by atoms with van der Waals surface area (Å²) in [4.78, 5) is 23.9. The summed E-state index contributed by atoms with van der Waals surface area (Å²) in [5.74, 6) is -2.39. The number of benzene rings is 2. The van der Waals surface area contributed by atoms with Crippen molar-refractivity contribution in [1.82, 2.24) is 0 Å². The van der Waals surface area contributed by atoms with E-state index in [9.17, 15) is 22.4 Å². The van der Waals surface area contributed by atoms with Crippen molar-refractivity contribution in [3.63, 3.8) is 0 Å². The number of esters is 1. The molecule has 26 heavy (non-hydrogen) atoms. The van der Waals surface area contributed by atoms with Gasteiger partial charge < -0.3 is 10.1 Å². The fourth-order valence-electron chi connectivity index (χ4n) is 2.05. The highest BCUT2D eigenvalue weighted by Gasteiger charge is 2.22. The summed E-state index contributed by atoms with van der Waals surface area (Å²) < 4.78 is 41.9. The van der Waals surface area contributed by atoms with Crippen LogP contribution in [0.5, 0.6) is 0 Å². The van der Waals surface area contributed by atoms with Crippen molar-refractivity contribution >= 4 is 39.0 Å². The zero-order valence-corrected chi connectivity index (χ0v) is 15.2. The Bertz CT molecular complexity index is 946. The zero-order valence-electron chi connectivity index (χ0n) is 13.7. The third kappa shape index (κ3) is 4.80. The van der Waals surface area contributed by atoms with E-state index in [0.29, 0.717) is 0 Å². The Balaban J connectivity index is 2.06. The van der Waals surface area contributed by atoms with Crippen molar-refractivity contribution in [2.45, 2.75) is 11.8 Å². The average Bonchev–Trinajstić information content (AvgIpc) is 2.62. The predicted molar refractivity (Wildman–Crippen MR) is 94.5 cm³/mol. The topological polar surface area (TPSA) is 89.5 Å². The van der Waals surface area contributed by atoms with Crippen LogP contribution in [0.3, 0.4) is 0 Å². The Morgan fingerprint density at radius 2 is 1.88 bits per heavy atom. The third-order valence-corrected chi connectivity index (χ3v) is 5.46. The minimum atomic E-state index is -3.63. The molecule has 0 saturated heterocycles. The first-order valence-corrected chi connectivity index (χ1v) is 9.51. The minimum Gasteiger partial charge on any atom is -0.452 e. The Kier molecular flexibility index (Phi) is 6.33. The number of anilines is 1. The Hall–Kier alpha value is -2.45. The van der Waals surface area contributed by atoms with E-state index in [0.717, 1.165) is 12.1 Å². The normalized spacial score (nSPS) is 11.0. The molecule has 0 saturated carbocycles. The summed E-state index contributed by atoms with van der Waals surface area (Å²) >= 11 is 5.79. The number of nitrogens with one attached hydrogen (secondary N) is 1. The molecule has 0 aromatic heterocycles. The van der Waals surface area contributed by atoms with Crippen LogP contribution in [0.1, 0.15) is 17.3 Å². The second-order valence-corrected chi connectivity index (χ2v) is 7.80. The second kappa shape index (κ2) is 8.29. The summed E-state index contributed by atoms with van der Waals surface area (Å²) in [7, 11) is -3.63. The van der Waals surface area contributed by atoms with Gasteiger partial charge in [-0.25, -0.2) is 17.6 Å². The fourth-order valence-corrected chi connectivity index (χ4v) is 3.35. The molecule has 0 heterocycles. The molecule has 0 radical (unpaired) electrons. The molecule has 6 nitrogen and oxygen atoms in total. The first kappa shape index (κ1) is 19.9. The van der Waals surface area contributed by atoms with Crippen LogP contribution < -0.4 is 5.32 Å². The molecule has 1 amide bonds. The van der Waals surface area contributed by atoms with Crippen LogP contribution in [0.25, 0.3) is 0 Å². The SMILES string of the molecule is CCS(=O)(=O)c1ccccc1C(=O)OCC(=O)Nc1ccc(F)cc1Cl. The van der Waals surface area contributed by atoms with Gasteiger partial charge in [0.25, 0.3) is 5.91 Å². The third-order valence-electron chi connectivity index (χ3n) is 3.36. The molecule has 1 N–H and O–H groups in total. The lowest BCUT2D eigenvalue weighted by Crippen LogP contribution is -2.22.